The molecule has 0 saturated carbocycles. The third-order valence-electron chi connectivity index (χ3n) is 2.41. The van der Waals surface area contributed by atoms with Gasteiger partial charge in [-0.2, -0.15) is 0 Å². The Morgan fingerprint density at radius 1 is 1.12 bits per heavy atom. The minimum atomic E-state index is -0.340. The average molecular weight is 251 g/mol. The van der Waals surface area contributed by atoms with Crippen LogP contribution in [0.1, 0.15) is 5.56 Å². The smallest absolute Gasteiger partial charge is 0.146 e. The van der Waals surface area contributed by atoms with Gasteiger partial charge in [-0.3, -0.25) is 0 Å². The molecule has 2 aromatic carbocycles. The average Bonchev–Trinajstić information content (AvgIpc) is 2.34. The lowest BCUT2D eigenvalue weighted by Crippen LogP contribution is -1.99. The minimum Gasteiger partial charge on any atom is -0.352 e. The maximum absolute atomic E-state index is 13.7. The van der Waals surface area contributed by atoms with Crippen molar-refractivity contribution >= 4 is 23.0 Å². The monoisotopic (exact) mass is 250 g/mol. The Bertz CT molecular complexity index is 529. The molecule has 2 aromatic rings. The number of anilines is 2. The standard InChI is InChI=1S/C13H12ClFN2/c14-10-3-1-2-4-12(10)17-13-6-5-9(8-16)7-11(13)15/h1-7,17H,8,16H2. The van der Waals surface area contributed by atoms with Gasteiger partial charge < -0.3 is 11.1 Å². The number of rotatable bonds is 3. The van der Waals surface area contributed by atoms with Crippen LogP contribution in [-0.4, -0.2) is 0 Å². The highest BCUT2D eigenvalue weighted by atomic mass is 35.5. The second-order valence-corrected chi connectivity index (χ2v) is 4.03. The van der Waals surface area contributed by atoms with Crippen LogP contribution < -0.4 is 11.1 Å². The van der Waals surface area contributed by atoms with E-state index in [1.807, 2.05) is 12.1 Å². The Hall–Kier alpha value is -1.58. The largest absolute Gasteiger partial charge is 0.352 e. The Labute approximate surface area is 104 Å². The van der Waals surface area contributed by atoms with Crippen molar-refractivity contribution < 1.29 is 4.39 Å². The molecule has 0 bridgehead atoms. The van der Waals surface area contributed by atoms with Crippen molar-refractivity contribution in [2.45, 2.75) is 6.54 Å². The molecule has 0 aromatic heterocycles. The number of hydrogen-bond donors (Lipinski definition) is 2. The van der Waals surface area contributed by atoms with E-state index in [9.17, 15) is 4.39 Å². The van der Waals surface area contributed by atoms with Crippen LogP contribution in [-0.2, 0) is 6.54 Å². The van der Waals surface area contributed by atoms with Gasteiger partial charge in [-0.25, -0.2) is 4.39 Å². The summed E-state index contributed by atoms with van der Waals surface area (Å²) >= 11 is 5.98. The van der Waals surface area contributed by atoms with Crippen molar-refractivity contribution in [3.63, 3.8) is 0 Å². The minimum absolute atomic E-state index is 0.323. The first-order chi connectivity index (χ1) is 8.20. The van der Waals surface area contributed by atoms with E-state index < -0.39 is 0 Å². The summed E-state index contributed by atoms with van der Waals surface area (Å²) in [7, 11) is 0. The predicted molar refractivity (Wildman–Crippen MR) is 69.0 cm³/mol. The van der Waals surface area contributed by atoms with Gasteiger partial charge in [0, 0.05) is 6.54 Å². The molecule has 4 heteroatoms. The number of para-hydroxylation sites is 1. The number of nitrogens with two attached hydrogens (primary N) is 1. The van der Waals surface area contributed by atoms with Gasteiger partial charge >= 0.3 is 0 Å². The van der Waals surface area contributed by atoms with E-state index in [0.29, 0.717) is 22.9 Å². The molecule has 0 radical (unpaired) electrons. The second-order valence-electron chi connectivity index (χ2n) is 3.62. The summed E-state index contributed by atoms with van der Waals surface area (Å²) in [6, 6.07) is 12.0. The van der Waals surface area contributed by atoms with E-state index in [4.69, 9.17) is 17.3 Å². The van der Waals surface area contributed by atoms with E-state index >= 15 is 0 Å². The molecule has 3 N–H and O–H groups in total. The predicted octanol–water partition coefficient (Wildman–Crippen LogP) is 3.68. The highest BCUT2D eigenvalue weighted by molar-refractivity contribution is 6.33. The summed E-state index contributed by atoms with van der Waals surface area (Å²) in [6.45, 7) is 0.323. The lowest BCUT2D eigenvalue weighted by atomic mass is 10.2. The Morgan fingerprint density at radius 2 is 1.88 bits per heavy atom. The molecule has 88 valence electrons. The number of benzene rings is 2. The first-order valence-electron chi connectivity index (χ1n) is 5.21. The van der Waals surface area contributed by atoms with Crippen LogP contribution >= 0.6 is 11.6 Å². The maximum atomic E-state index is 13.7. The molecule has 17 heavy (non-hydrogen) atoms. The molecule has 2 nitrogen and oxygen atoms in total. The van der Waals surface area contributed by atoms with Gasteiger partial charge in [-0.05, 0) is 29.8 Å². The molecule has 0 atom stereocenters. The first-order valence-corrected chi connectivity index (χ1v) is 5.58. The van der Waals surface area contributed by atoms with Crippen molar-refractivity contribution in [2.24, 2.45) is 5.73 Å². The van der Waals surface area contributed by atoms with Gasteiger partial charge in [-0.15, -0.1) is 0 Å². The summed E-state index contributed by atoms with van der Waals surface area (Å²) < 4.78 is 13.7. The number of halogens is 2. The Morgan fingerprint density at radius 3 is 2.53 bits per heavy atom. The SMILES string of the molecule is NCc1ccc(Nc2ccccc2Cl)c(F)c1. The first kappa shape index (κ1) is 11.9. The van der Waals surface area contributed by atoms with E-state index in [2.05, 4.69) is 5.32 Å². The molecule has 0 aliphatic rings. The van der Waals surface area contributed by atoms with Gasteiger partial charge in [0.1, 0.15) is 5.82 Å². The fourth-order valence-corrected chi connectivity index (χ4v) is 1.68. The van der Waals surface area contributed by atoms with E-state index in [-0.39, 0.29) is 5.82 Å². The van der Waals surface area contributed by atoms with Gasteiger partial charge in [0.2, 0.25) is 0 Å². The van der Waals surface area contributed by atoms with Crippen LogP contribution in [0.25, 0.3) is 0 Å². The maximum Gasteiger partial charge on any atom is 0.146 e. The molecule has 0 aliphatic heterocycles. The molecular formula is C13H12ClFN2. The molecule has 0 saturated heterocycles. The third-order valence-corrected chi connectivity index (χ3v) is 2.74. The van der Waals surface area contributed by atoms with Crippen molar-refractivity contribution in [3.8, 4) is 0 Å². The molecule has 0 amide bonds. The van der Waals surface area contributed by atoms with E-state index in [1.54, 1.807) is 24.3 Å². The summed E-state index contributed by atoms with van der Waals surface area (Å²) in [6.07, 6.45) is 0. The topological polar surface area (TPSA) is 38.0 Å². The fourth-order valence-electron chi connectivity index (χ4n) is 1.49. The van der Waals surface area contributed by atoms with Crippen LogP contribution in [0.5, 0.6) is 0 Å². The zero-order valence-corrected chi connectivity index (χ0v) is 9.84. The van der Waals surface area contributed by atoms with Crippen LogP contribution in [0.15, 0.2) is 42.5 Å². The summed E-state index contributed by atoms with van der Waals surface area (Å²) in [5, 5.41) is 3.49. The van der Waals surface area contributed by atoms with Gasteiger partial charge in [0.25, 0.3) is 0 Å². The highest BCUT2D eigenvalue weighted by Crippen LogP contribution is 2.26. The summed E-state index contributed by atoms with van der Waals surface area (Å²) in [5.74, 6) is -0.340. The van der Waals surface area contributed by atoms with Crippen molar-refractivity contribution in [3.05, 3.63) is 58.9 Å². The third kappa shape index (κ3) is 2.75. The molecule has 0 fully saturated rings. The zero-order valence-electron chi connectivity index (χ0n) is 9.08. The van der Waals surface area contributed by atoms with Crippen molar-refractivity contribution in [1.82, 2.24) is 0 Å². The number of hydrogen-bond acceptors (Lipinski definition) is 2. The molecule has 0 heterocycles. The van der Waals surface area contributed by atoms with Crippen LogP contribution in [0.2, 0.25) is 5.02 Å². The van der Waals surface area contributed by atoms with Crippen LogP contribution in [0, 0.1) is 5.82 Å². The molecule has 0 spiro atoms. The normalized spacial score (nSPS) is 10.3. The van der Waals surface area contributed by atoms with Crippen LogP contribution in [0.3, 0.4) is 0 Å². The molecule has 0 unspecified atom stereocenters. The fraction of sp³-hybridized carbons (Fsp3) is 0.0769. The summed E-state index contributed by atoms with van der Waals surface area (Å²) in [4.78, 5) is 0. The highest BCUT2D eigenvalue weighted by Gasteiger charge is 2.05. The summed E-state index contributed by atoms with van der Waals surface area (Å²) in [5.41, 5.74) is 7.25. The molecule has 2 rings (SSSR count). The van der Waals surface area contributed by atoms with Crippen molar-refractivity contribution in [2.75, 3.05) is 5.32 Å². The lowest BCUT2D eigenvalue weighted by molar-refractivity contribution is 0.629. The van der Waals surface area contributed by atoms with E-state index in [0.717, 1.165) is 5.56 Å². The van der Waals surface area contributed by atoms with Gasteiger partial charge in [0.05, 0.1) is 16.4 Å². The van der Waals surface area contributed by atoms with Gasteiger partial charge in [0.15, 0.2) is 0 Å². The van der Waals surface area contributed by atoms with Gasteiger partial charge in [-0.1, -0.05) is 29.8 Å². The van der Waals surface area contributed by atoms with E-state index in [1.165, 1.54) is 6.07 Å². The molecular weight excluding hydrogens is 239 g/mol. The van der Waals surface area contributed by atoms with Crippen LogP contribution in [0.4, 0.5) is 15.8 Å². The molecule has 0 aliphatic carbocycles. The van der Waals surface area contributed by atoms with Crippen molar-refractivity contribution in [1.29, 1.82) is 0 Å². The zero-order chi connectivity index (χ0) is 12.3. The number of nitrogens with one attached hydrogen (secondary N) is 1. The second kappa shape index (κ2) is 5.17. The quantitative estimate of drug-likeness (QED) is 0.872. The lowest BCUT2D eigenvalue weighted by Gasteiger charge is -2.09. The Balaban J connectivity index is 2.28. The Kier molecular flexibility index (Phi) is 3.61.